The van der Waals surface area contributed by atoms with Gasteiger partial charge in [0, 0.05) is 18.7 Å². The summed E-state index contributed by atoms with van der Waals surface area (Å²) in [5, 5.41) is 8.38. The number of halogens is 1. The van der Waals surface area contributed by atoms with Crippen LogP contribution in [-0.2, 0) is 14.8 Å². The third-order valence-corrected chi connectivity index (χ3v) is 6.39. The predicted molar refractivity (Wildman–Crippen MR) is 107 cm³/mol. The number of rotatable bonds is 6. The Labute approximate surface area is 173 Å². The lowest BCUT2D eigenvalue weighted by molar-refractivity contribution is -0.129. The van der Waals surface area contributed by atoms with E-state index in [1.807, 2.05) is 36.5 Å². The number of aromatic nitrogens is 3. The second-order valence-corrected chi connectivity index (χ2v) is 8.78. The number of hydrogen-bond acceptors (Lipinski definition) is 5. The van der Waals surface area contributed by atoms with Gasteiger partial charge in [0.1, 0.15) is 11.5 Å². The van der Waals surface area contributed by atoms with Crippen molar-refractivity contribution in [3.63, 3.8) is 0 Å². The van der Waals surface area contributed by atoms with Crippen LogP contribution in [0.15, 0.2) is 65.7 Å². The van der Waals surface area contributed by atoms with Gasteiger partial charge in [-0.05, 0) is 24.6 Å². The van der Waals surface area contributed by atoms with Crippen molar-refractivity contribution in [3.05, 3.63) is 66.6 Å². The van der Waals surface area contributed by atoms with Crippen molar-refractivity contribution < 1.29 is 17.6 Å². The molecule has 0 bridgehead atoms. The first-order valence-corrected chi connectivity index (χ1v) is 10.9. The molecule has 1 aromatic heterocycles. The number of hydrogen-bond donors (Lipinski definition) is 1. The third-order valence-electron chi connectivity index (χ3n) is 4.99. The Hall–Kier alpha value is -3.11. The lowest BCUT2D eigenvalue weighted by atomic mass is 10.2. The number of sulfonamides is 1. The van der Waals surface area contributed by atoms with Crippen LogP contribution in [0, 0.1) is 5.82 Å². The normalized spacial score (nSPS) is 16.7. The number of carbonyl (C=O) groups is 1. The van der Waals surface area contributed by atoms with Crippen molar-refractivity contribution in [3.8, 4) is 11.3 Å². The molecule has 0 radical (unpaired) electrons. The summed E-state index contributed by atoms with van der Waals surface area (Å²) in [4.78, 5) is 13.8. The Morgan fingerprint density at radius 1 is 1.17 bits per heavy atom. The standard InChI is InChI=1S/C20H20FN5O3S/c21-16-7-4-8-18(11-16)30(28,29)22-12-20(27)25-10-9-17(13-25)26-14-19(23-24-26)15-5-2-1-3-6-15/h1-8,11,14,17,22H,9-10,12-13H2/t17-/m0/s1. The van der Waals surface area contributed by atoms with Crippen LogP contribution in [0.2, 0.25) is 0 Å². The van der Waals surface area contributed by atoms with E-state index >= 15 is 0 Å². The largest absolute Gasteiger partial charge is 0.339 e. The summed E-state index contributed by atoms with van der Waals surface area (Å²) >= 11 is 0. The molecule has 1 saturated heterocycles. The van der Waals surface area contributed by atoms with E-state index in [2.05, 4.69) is 15.0 Å². The van der Waals surface area contributed by atoms with E-state index in [4.69, 9.17) is 0 Å². The summed E-state index contributed by atoms with van der Waals surface area (Å²) in [7, 11) is -3.97. The van der Waals surface area contributed by atoms with Gasteiger partial charge in [0.15, 0.2) is 0 Å². The van der Waals surface area contributed by atoms with Gasteiger partial charge in [-0.25, -0.2) is 22.2 Å². The van der Waals surface area contributed by atoms with Crippen LogP contribution in [0.3, 0.4) is 0 Å². The van der Waals surface area contributed by atoms with Crippen molar-refractivity contribution in [2.24, 2.45) is 0 Å². The maximum atomic E-state index is 13.3. The Balaban J connectivity index is 1.35. The molecule has 30 heavy (non-hydrogen) atoms. The molecule has 0 saturated carbocycles. The second-order valence-electron chi connectivity index (χ2n) is 7.01. The zero-order chi connectivity index (χ0) is 21.1. The molecule has 10 heteroatoms. The molecule has 1 amide bonds. The summed E-state index contributed by atoms with van der Waals surface area (Å²) in [5.74, 6) is -1.00. The Bertz CT molecular complexity index is 1150. The van der Waals surface area contributed by atoms with E-state index < -0.39 is 22.4 Å². The molecule has 4 rings (SSSR count). The van der Waals surface area contributed by atoms with Crippen LogP contribution in [-0.4, -0.2) is 53.9 Å². The maximum Gasteiger partial charge on any atom is 0.241 e. The fourth-order valence-corrected chi connectivity index (χ4v) is 4.37. The number of carbonyl (C=O) groups excluding carboxylic acids is 1. The summed E-state index contributed by atoms with van der Waals surface area (Å²) < 4.78 is 41.8. The van der Waals surface area contributed by atoms with Crippen LogP contribution in [0.1, 0.15) is 12.5 Å². The van der Waals surface area contributed by atoms with Gasteiger partial charge in [0.25, 0.3) is 0 Å². The molecule has 3 aromatic rings. The molecule has 8 nitrogen and oxygen atoms in total. The number of nitrogens with zero attached hydrogens (tertiary/aromatic N) is 4. The minimum Gasteiger partial charge on any atom is -0.339 e. The quantitative estimate of drug-likeness (QED) is 0.645. The van der Waals surface area contributed by atoms with Gasteiger partial charge < -0.3 is 4.90 Å². The molecule has 1 aliphatic rings. The highest BCUT2D eigenvalue weighted by Gasteiger charge is 2.29. The average molecular weight is 429 g/mol. The van der Waals surface area contributed by atoms with Crippen molar-refractivity contribution in [2.45, 2.75) is 17.4 Å². The molecule has 2 heterocycles. The monoisotopic (exact) mass is 429 g/mol. The number of amides is 1. The van der Waals surface area contributed by atoms with Crippen LogP contribution in [0.25, 0.3) is 11.3 Å². The van der Waals surface area contributed by atoms with E-state index in [-0.39, 0.29) is 16.8 Å². The summed E-state index contributed by atoms with van der Waals surface area (Å²) in [6.45, 7) is 0.516. The number of nitrogens with one attached hydrogen (secondary N) is 1. The molecule has 2 aromatic carbocycles. The van der Waals surface area contributed by atoms with E-state index in [9.17, 15) is 17.6 Å². The van der Waals surface area contributed by atoms with Crippen molar-refractivity contribution in [2.75, 3.05) is 19.6 Å². The van der Waals surface area contributed by atoms with Crippen molar-refractivity contribution in [1.82, 2.24) is 24.6 Å². The summed E-state index contributed by atoms with van der Waals surface area (Å²) in [6, 6.07) is 14.3. The zero-order valence-electron chi connectivity index (χ0n) is 16.0. The Kier molecular flexibility index (Phi) is 5.60. The molecule has 0 spiro atoms. The maximum absolute atomic E-state index is 13.3. The Morgan fingerprint density at radius 3 is 2.73 bits per heavy atom. The predicted octanol–water partition coefficient (Wildman–Crippen LogP) is 1.84. The molecule has 1 aliphatic heterocycles. The SMILES string of the molecule is O=C(CNS(=O)(=O)c1cccc(F)c1)N1CC[C@H](n2cc(-c3ccccc3)nn2)C1. The molecular weight excluding hydrogens is 409 g/mol. The summed E-state index contributed by atoms with van der Waals surface area (Å²) in [5.41, 5.74) is 1.71. The summed E-state index contributed by atoms with van der Waals surface area (Å²) in [6.07, 6.45) is 2.54. The highest BCUT2D eigenvalue weighted by atomic mass is 32.2. The molecular formula is C20H20FN5O3S. The van der Waals surface area contributed by atoms with Crippen LogP contribution < -0.4 is 4.72 Å². The lowest BCUT2D eigenvalue weighted by Crippen LogP contribution is -2.39. The van der Waals surface area contributed by atoms with Gasteiger partial charge in [-0.15, -0.1) is 5.10 Å². The second kappa shape index (κ2) is 8.33. The highest BCUT2D eigenvalue weighted by Crippen LogP contribution is 2.23. The first-order chi connectivity index (χ1) is 14.4. The third kappa shape index (κ3) is 4.39. The minimum atomic E-state index is -3.97. The average Bonchev–Trinajstić information content (AvgIpc) is 3.42. The van der Waals surface area contributed by atoms with Gasteiger partial charge in [-0.2, -0.15) is 0 Å². The van der Waals surface area contributed by atoms with Crippen LogP contribution in [0.4, 0.5) is 4.39 Å². The van der Waals surface area contributed by atoms with Gasteiger partial charge in [-0.1, -0.05) is 41.6 Å². The smallest absolute Gasteiger partial charge is 0.241 e. The Morgan fingerprint density at radius 2 is 1.97 bits per heavy atom. The topological polar surface area (TPSA) is 97.2 Å². The van der Waals surface area contributed by atoms with E-state index in [1.54, 1.807) is 9.58 Å². The number of benzene rings is 2. The van der Waals surface area contributed by atoms with Gasteiger partial charge >= 0.3 is 0 Å². The van der Waals surface area contributed by atoms with Gasteiger partial charge in [0.05, 0.1) is 23.7 Å². The highest BCUT2D eigenvalue weighted by molar-refractivity contribution is 7.89. The first kappa shape index (κ1) is 20.2. The fourth-order valence-electron chi connectivity index (χ4n) is 3.37. The van der Waals surface area contributed by atoms with Crippen LogP contribution >= 0.6 is 0 Å². The van der Waals surface area contributed by atoms with E-state index in [1.165, 1.54) is 12.1 Å². The lowest BCUT2D eigenvalue weighted by Gasteiger charge is -2.17. The minimum absolute atomic E-state index is 0.0289. The molecule has 1 N–H and O–H groups in total. The van der Waals surface area contributed by atoms with E-state index in [0.717, 1.165) is 23.4 Å². The van der Waals surface area contributed by atoms with Crippen molar-refractivity contribution >= 4 is 15.9 Å². The molecule has 1 atom stereocenters. The van der Waals surface area contributed by atoms with Crippen molar-refractivity contribution in [1.29, 1.82) is 0 Å². The van der Waals surface area contributed by atoms with E-state index in [0.29, 0.717) is 19.5 Å². The zero-order valence-corrected chi connectivity index (χ0v) is 16.8. The molecule has 1 fully saturated rings. The van der Waals surface area contributed by atoms with Gasteiger partial charge in [-0.3, -0.25) is 4.79 Å². The molecule has 0 aliphatic carbocycles. The van der Waals surface area contributed by atoms with Gasteiger partial charge in [0.2, 0.25) is 15.9 Å². The number of likely N-dealkylation sites (tertiary alicyclic amines) is 1. The molecule has 156 valence electrons. The first-order valence-electron chi connectivity index (χ1n) is 9.43. The fraction of sp³-hybridized carbons (Fsp3) is 0.250. The molecule has 0 unspecified atom stereocenters. The van der Waals surface area contributed by atoms with Crippen LogP contribution in [0.5, 0.6) is 0 Å².